The summed E-state index contributed by atoms with van der Waals surface area (Å²) in [7, 11) is 4.46. The molecule has 4 N–H and O–H groups in total. The quantitative estimate of drug-likeness (QED) is 0.225. The first-order valence-corrected chi connectivity index (χ1v) is 14.6. The summed E-state index contributed by atoms with van der Waals surface area (Å²) in [4.78, 5) is 60.7. The highest BCUT2D eigenvalue weighted by Gasteiger charge is 2.27. The van der Waals surface area contributed by atoms with E-state index in [9.17, 15) is 19.2 Å². The van der Waals surface area contributed by atoms with E-state index in [0.29, 0.717) is 58.3 Å². The molecular weight excluding hydrogens is 616 g/mol. The van der Waals surface area contributed by atoms with Crippen molar-refractivity contribution >= 4 is 52.9 Å². The molecule has 4 amide bonds. The van der Waals surface area contributed by atoms with Crippen LogP contribution in [0.5, 0.6) is 0 Å². The molecule has 5 rings (SSSR count). The van der Waals surface area contributed by atoms with Crippen LogP contribution in [0.1, 0.15) is 53.6 Å². The van der Waals surface area contributed by atoms with Crippen molar-refractivity contribution in [3.63, 3.8) is 0 Å². The summed E-state index contributed by atoms with van der Waals surface area (Å²) in [6.07, 6.45) is 5.47. The number of aromatic amines is 1. The van der Waals surface area contributed by atoms with Crippen molar-refractivity contribution < 1.29 is 23.9 Å². The molecule has 3 heterocycles. The Morgan fingerprint density at radius 1 is 1.15 bits per heavy atom. The van der Waals surface area contributed by atoms with Crippen molar-refractivity contribution in [3.05, 3.63) is 70.9 Å². The number of rotatable bonds is 6. The summed E-state index contributed by atoms with van der Waals surface area (Å²) >= 11 is 6.22. The summed E-state index contributed by atoms with van der Waals surface area (Å²) in [6.45, 7) is 0. The van der Waals surface area contributed by atoms with Crippen LogP contribution in [0.3, 0.4) is 0 Å². The van der Waals surface area contributed by atoms with E-state index >= 15 is 0 Å². The molecule has 2 aromatic carbocycles. The van der Waals surface area contributed by atoms with E-state index in [1.54, 1.807) is 56.6 Å². The number of hydrogen-bond donors (Lipinski definition) is 4. The number of hydrogen-bond acceptors (Lipinski definition) is 9. The smallest absolute Gasteiger partial charge is 0.411 e. The number of fused-ring (bicyclic) bond motifs is 4. The largest absolute Gasteiger partial charge is 0.453 e. The lowest BCUT2D eigenvalue weighted by molar-refractivity contribution is -0.118. The van der Waals surface area contributed by atoms with Gasteiger partial charge in [-0.15, -0.1) is 5.10 Å². The van der Waals surface area contributed by atoms with Gasteiger partial charge in [-0.25, -0.2) is 9.78 Å². The van der Waals surface area contributed by atoms with Crippen LogP contribution in [0.15, 0.2) is 48.8 Å². The number of aromatic nitrogens is 6. The van der Waals surface area contributed by atoms with Crippen LogP contribution < -0.4 is 16.0 Å². The standard InChI is InChI=1S/C30H31ClN10O5/c1-40(2)29(44)27-26-20-11-10-19(33-30(45)46-3)15-22(20)35-24(42)7-5-4-6-21(28(36-26)37-27)34-25(43)13-8-17-14-18(31)9-12-23(17)41-16-32-38-39-41/h8-16,21H,4-7H2,1-3H3,(H,33,45)(H,34,43)(H,35,42)(H,36,37)/b13-8+/t21-/m0/s1. The third-order valence-electron chi connectivity index (χ3n) is 7.12. The van der Waals surface area contributed by atoms with Gasteiger partial charge in [-0.2, -0.15) is 4.68 Å². The number of methoxy groups -OCH3 is 1. The Morgan fingerprint density at radius 3 is 2.72 bits per heavy atom. The number of benzene rings is 2. The molecule has 0 spiro atoms. The van der Waals surface area contributed by atoms with Gasteiger partial charge >= 0.3 is 6.09 Å². The zero-order valence-electron chi connectivity index (χ0n) is 25.2. The van der Waals surface area contributed by atoms with Gasteiger partial charge < -0.3 is 25.3 Å². The summed E-state index contributed by atoms with van der Waals surface area (Å²) in [5.74, 6) is -0.668. The minimum absolute atomic E-state index is 0.170. The lowest BCUT2D eigenvalue weighted by atomic mass is 10.0. The van der Waals surface area contributed by atoms with E-state index in [1.807, 2.05) is 0 Å². The van der Waals surface area contributed by atoms with Gasteiger partial charge in [0.05, 0.1) is 24.5 Å². The summed E-state index contributed by atoms with van der Waals surface area (Å²) in [6, 6.07) is 9.31. The second-order valence-corrected chi connectivity index (χ2v) is 11.0. The molecule has 1 aliphatic heterocycles. The van der Waals surface area contributed by atoms with Gasteiger partial charge in [-0.1, -0.05) is 18.0 Å². The van der Waals surface area contributed by atoms with Crippen molar-refractivity contribution in [1.29, 1.82) is 0 Å². The topological polar surface area (TPSA) is 189 Å². The molecule has 15 nitrogen and oxygen atoms in total. The van der Waals surface area contributed by atoms with Crippen LogP contribution in [0.4, 0.5) is 16.2 Å². The minimum atomic E-state index is -0.681. The predicted molar refractivity (Wildman–Crippen MR) is 169 cm³/mol. The fourth-order valence-corrected chi connectivity index (χ4v) is 5.06. The van der Waals surface area contributed by atoms with Gasteiger partial charge in [0.25, 0.3) is 5.91 Å². The molecule has 0 saturated carbocycles. The van der Waals surface area contributed by atoms with Crippen molar-refractivity contribution in [1.82, 2.24) is 40.4 Å². The maximum Gasteiger partial charge on any atom is 0.411 e. The number of nitrogens with one attached hydrogen (secondary N) is 4. The molecule has 2 bridgehead atoms. The van der Waals surface area contributed by atoms with Gasteiger partial charge in [0.15, 0.2) is 0 Å². The minimum Gasteiger partial charge on any atom is -0.453 e. The third kappa shape index (κ3) is 7.38. The van der Waals surface area contributed by atoms with Gasteiger partial charge in [0, 0.05) is 48.4 Å². The van der Waals surface area contributed by atoms with Crippen molar-refractivity contribution in [2.75, 3.05) is 31.8 Å². The van der Waals surface area contributed by atoms with Crippen LogP contribution in [0, 0.1) is 0 Å². The van der Waals surface area contributed by atoms with Crippen molar-refractivity contribution in [3.8, 4) is 16.9 Å². The highest BCUT2D eigenvalue weighted by molar-refractivity contribution is 6.30. The second kappa shape index (κ2) is 14.0. The third-order valence-corrected chi connectivity index (χ3v) is 7.35. The average molecular weight is 647 g/mol. The Bertz CT molecular complexity index is 1800. The molecular formula is C30H31ClN10O5. The summed E-state index contributed by atoms with van der Waals surface area (Å²) in [5.41, 5.74) is 2.82. The summed E-state index contributed by atoms with van der Waals surface area (Å²) < 4.78 is 6.14. The SMILES string of the molecule is COC(=O)Nc1ccc2c(c1)NC(=O)CCCC[C@H](NC(=O)/C=C/c1cc(Cl)ccc1-n1cnnn1)c1nc-2c(C(=O)N(C)C)[nH]1. The lowest BCUT2D eigenvalue weighted by Gasteiger charge is -2.17. The number of H-pyrrole nitrogens is 1. The van der Waals surface area contributed by atoms with Crippen LogP contribution in [-0.2, 0) is 14.3 Å². The molecule has 1 aliphatic rings. The maximum absolute atomic E-state index is 13.3. The van der Waals surface area contributed by atoms with Crippen LogP contribution in [0.25, 0.3) is 23.0 Å². The molecule has 1 atom stereocenters. The van der Waals surface area contributed by atoms with Gasteiger partial charge in [-0.3, -0.25) is 19.7 Å². The number of nitrogens with zero attached hydrogens (tertiary/aromatic N) is 6. The first-order valence-electron chi connectivity index (χ1n) is 14.2. The number of tetrazole rings is 1. The van der Waals surface area contributed by atoms with E-state index in [0.717, 1.165) is 0 Å². The highest BCUT2D eigenvalue weighted by Crippen LogP contribution is 2.35. The normalized spacial score (nSPS) is 14.8. The van der Waals surface area contributed by atoms with Crippen LogP contribution in [0.2, 0.25) is 5.02 Å². The number of carbonyl (C=O) groups excluding carboxylic acids is 4. The zero-order valence-corrected chi connectivity index (χ0v) is 26.0. The number of imidazole rings is 1. The Morgan fingerprint density at radius 2 is 1.98 bits per heavy atom. The molecule has 238 valence electrons. The molecule has 0 unspecified atom stereocenters. The molecule has 16 heteroatoms. The van der Waals surface area contributed by atoms with Gasteiger partial charge in [0.1, 0.15) is 23.5 Å². The van der Waals surface area contributed by atoms with Gasteiger partial charge in [0.2, 0.25) is 11.8 Å². The van der Waals surface area contributed by atoms with Crippen LogP contribution in [-0.4, -0.2) is 80.1 Å². The predicted octanol–water partition coefficient (Wildman–Crippen LogP) is 3.97. The van der Waals surface area contributed by atoms with E-state index in [-0.39, 0.29) is 29.6 Å². The van der Waals surface area contributed by atoms with Gasteiger partial charge in [-0.05, 0) is 65.7 Å². The molecule has 2 aromatic heterocycles. The first kappa shape index (κ1) is 31.8. The molecule has 46 heavy (non-hydrogen) atoms. The van der Waals surface area contributed by atoms with E-state index in [4.69, 9.17) is 16.6 Å². The molecule has 0 fully saturated rings. The Kier molecular flexibility index (Phi) is 9.71. The fourth-order valence-electron chi connectivity index (χ4n) is 4.88. The molecule has 0 aliphatic carbocycles. The Labute approximate surface area is 268 Å². The second-order valence-electron chi connectivity index (χ2n) is 10.6. The maximum atomic E-state index is 13.3. The van der Waals surface area contributed by atoms with E-state index in [1.165, 1.54) is 29.1 Å². The monoisotopic (exact) mass is 646 g/mol. The van der Waals surface area contributed by atoms with E-state index in [2.05, 4.69) is 41.2 Å². The number of halogens is 1. The zero-order chi connectivity index (χ0) is 32.8. The first-order chi connectivity index (χ1) is 22.1. The Balaban J connectivity index is 1.51. The van der Waals surface area contributed by atoms with Crippen LogP contribution >= 0.6 is 11.6 Å². The molecule has 4 aromatic rings. The van der Waals surface area contributed by atoms with E-state index < -0.39 is 18.0 Å². The van der Waals surface area contributed by atoms with Crippen molar-refractivity contribution in [2.24, 2.45) is 0 Å². The van der Waals surface area contributed by atoms with Crippen molar-refractivity contribution in [2.45, 2.75) is 31.7 Å². The summed E-state index contributed by atoms with van der Waals surface area (Å²) in [5, 5.41) is 20.2. The Hall–Kier alpha value is -5.57. The number of carbonyl (C=O) groups is 4. The highest BCUT2D eigenvalue weighted by atomic mass is 35.5. The molecule has 0 saturated heterocycles. The number of ether oxygens (including phenoxy) is 1. The fraction of sp³-hybridized carbons (Fsp3) is 0.267. The number of amides is 4. The lowest BCUT2D eigenvalue weighted by Crippen LogP contribution is -2.28. The number of anilines is 2. The molecule has 0 radical (unpaired) electrons. The average Bonchev–Trinajstić information content (AvgIpc) is 3.72.